The number of rotatable bonds is 6. The molecular formula is C18H16O6. The van der Waals surface area contributed by atoms with E-state index in [1.807, 2.05) is 0 Å². The zero-order chi connectivity index (χ0) is 17.7. The normalized spacial score (nSPS) is 9.96. The van der Waals surface area contributed by atoms with Crippen LogP contribution in [0.2, 0.25) is 0 Å². The van der Waals surface area contributed by atoms with Crippen molar-refractivity contribution in [3.8, 4) is 11.5 Å². The van der Waals surface area contributed by atoms with Crippen LogP contribution in [0.3, 0.4) is 0 Å². The summed E-state index contributed by atoms with van der Waals surface area (Å²) in [6.45, 7) is 0. The summed E-state index contributed by atoms with van der Waals surface area (Å²) >= 11 is 0. The van der Waals surface area contributed by atoms with Gasteiger partial charge in [-0.05, 0) is 30.3 Å². The molecule has 2 aromatic rings. The third kappa shape index (κ3) is 3.43. The predicted molar refractivity (Wildman–Crippen MR) is 86.0 cm³/mol. The van der Waals surface area contributed by atoms with Crippen molar-refractivity contribution in [2.75, 3.05) is 21.3 Å². The van der Waals surface area contributed by atoms with E-state index in [0.717, 1.165) is 0 Å². The first-order valence-corrected chi connectivity index (χ1v) is 7.01. The van der Waals surface area contributed by atoms with Crippen molar-refractivity contribution in [3.05, 3.63) is 59.2 Å². The van der Waals surface area contributed by atoms with Crippen molar-refractivity contribution in [1.82, 2.24) is 0 Å². The maximum Gasteiger partial charge on any atom is 0.337 e. The van der Waals surface area contributed by atoms with Gasteiger partial charge < -0.3 is 14.2 Å². The SMILES string of the molecule is COC(=O)c1ccc(C(=O)C(=O)c2ccc(OC)c(OC)c2)cc1. The maximum atomic E-state index is 12.4. The van der Waals surface area contributed by atoms with E-state index in [1.165, 1.54) is 57.7 Å². The topological polar surface area (TPSA) is 78.9 Å². The maximum absolute atomic E-state index is 12.4. The number of ether oxygens (including phenoxy) is 3. The Morgan fingerprint density at radius 2 is 1.17 bits per heavy atom. The molecule has 0 unspecified atom stereocenters. The third-order valence-corrected chi connectivity index (χ3v) is 3.42. The van der Waals surface area contributed by atoms with Crippen molar-refractivity contribution in [1.29, 1.82) is 0 Å². The van der Waals surface area contributed by atoms with Crippen LogP contribution >= 0.6 is 0 Å². The predicted octanol–water partition coefficient (Wildman–Crippen LogP) is 2.56. The molecule has 0 amide bonds. The van der Waals surface area contributed by atoms with Crippen molar-refractivity contribution >= 4 is 17.5 Å². The standard InChI is InChI=1S/C18H16O6/c1-22-14-9-8-13(10-15(14)23-2)17(20)16(19)11-4-6-12(7-5-11)18(21)24-3/h4-10H,1-3H3. The van der Waals surface area contributed by atoms with E-state index < -0.39 is 17.5 Å². The van der Waals surface area contributed by atoms with Gasteiger partial charge in [-0.3, -0.25) is 9.59 Å². The van der Waals surface area contributed by atoms with E-state index in [2.05, 4.69) is 4.74 Å². The molecule has 0 atom stereocenters. The number of carbonyl (C=O) groups excluding carboxylic acids is 3. The first kappa shape index (κ1) is 17.2. The number of ketones is 2. The molecule has 0 fully saturated rings. The Morgan fingerprint density at radius 3 is 1.71 bits per heavy atom. The molecule has 0 spiro atoms. The van der Waals surface area contributed by atoms with Gasteiger partial charge in [-0.25, -0.2) is 4.79 Å². The smallest absolute Gasteiger partial charge is 0.337 e. The summed E-state index contributed by atoms with van der Waals surface area (Å²) in [5.74, 6) is -1.05. The fourth-order valence-electron chi connectivity index (χ4n) is 2.12. The minimum Gasteiger partial charge on any atom is -0.493 e. The Hall–Kier alpha value is -3.15. The zero-order valence-corrected chi connectivity index (χ0v) is 13.5. The summed E-state index contributed by atoms with van der Waals surface area (Å²) in [6.07, 6.45) is 0. The Bertz CT molecular complexity index is 777. The summed E-state index contributed by atoms with van der Waals surface area (Å²) in [5.41, 5.74) is 0.671. The highest BCUT2D eigenvalue weighted by Crippen LogP contribution is 2.28. The van der Waals surface area contributed by atoms with Gasteiger partial charge in [0, 0.05) is 11.1 Å². The van der Waals surface area contributed by atoms with Crippen molar-refractivity contribution < 1.29 is 28.6 Å². The number of carbonyl (C=O) groups is 3. The van der Waals surface area contributed by atoms with Crippen LogP contribution in [0.1, 0.15) is 31.1 Å². The van der Waals surface area contributed by atoms with Crippen LogP contribution in [0.15, 0.2) is 42.5 Å². The van der Waals surface area contributed by atoms with E-state index in [0.29, 0.717) is 17.1 Å². The second kappa shape index (κ2) is 7.41. The lowest BCUT2D eigenvalue weighted by Crippen LogP contribution is -2.15. The molecular weight excluding hydrogens is 312 g/mol. The van der Waals surface area contributed by atoms with Gasteiger partial charge >= 0.3 is 5.97 Å². The van der Waals surface area contributed by atoms with Gasteiger partial charge in [0.1, 0.15) is 0 Å². The van der Waals surface area contributed by atoms with E-state index in [9.17, 15) is 14.4 Å². The molecule has 0 N–H and O–H groups in total. The van der Waals surface area contributed by atoms with Gasteiger partial charge in [0.25, 0.3) is 0 Å². The van der Waals surface area contributed by atoms with Gasteiger partial charge in [0.05, 0.1) is 26.9 Å². The quantitative estimate of drug-likeness (QED) is 0.461. The molecule has 2 aromatic carbocycles. The molecule has 0 radical (unpaired) electrons. The highest BCUT2D eigenvalue weighted by molar-refractivity contribution is 6.49. The number of esters is 1. The molecule has 6 nitrogen and oxygen atoms in total. The summed E-state index contributed by atoms with van der Waals surface area (Å²) in [7, 11) is 4.19. The van der Waals surface area contributed by atoms with Crippen LogP contribution in [0.4, 0.5) is 0 Å². The summed E-state index contributed by atoms with van der Waals surface area (Å²) in [4.78, 5) is 36.0. The monoisotopic (exact) mass is 328 g/mol. The van der Waals surface area contributed by atoms with Gasteiger partial charge in [-0.1, -0.05) is 12.1 Å². The summed E-state index contributed by atoms with van der Waals surface area (Å²) in [5, 5.41) is 0. The lowest BCUT2D eigenvalue weighted by Gasteiger charge is -2.09. The fraction of sp³-hybridized carbons (Fsp3) is 0.167. The molecule has 0 bridgehead atoms. The highest BCUT2D eigenvalue weighted by atomic mass is 16.5. The first-order chi connectivity index (χ1) is 11.5. The average Bonchev–Trinajstić information content (AvgIpc) is 2.65. The molecule has 24 heavy (non-hydrogen) atoms. The van der Waals surface area contributed by atoms with Crippen LogP contribution in [-0.2, 0) is 4.74 Å². The zero-order valence-electron chi connectivity index (χ0n) is 13.5. The van der Waals surface area contributed by atoms with Gasteiger partial charge in [0.15, 0.2) is 11.5 Å². The number of hydrogen-bond acceptors (Lipinski definition) is 6. The molecule has 6 heteroatoms. The van der Waals surface area contributed by atoms with E-state index in [-0.39, 0.29) is 11.1 Å². The number of methoxy groups -OCH3 is 3. The second-order valence-corrected chi connectivity index (χ2v) is 4.80. The second-order valence-electron chi connectivity index (χ2n) is 4.80. The minimum atomic E-state index is -0.682. The molecule has 124 valence electrons. The molecule has 0 saturated heterocycles. The van der Waals surface area contributed by atoms with Crippen LogP contribution in [0, 0.1) is 0 Å². The fourth-order valence-corrected chi connectivity index (χ4v) is 2.12. The van der Waals surface area contributed by atoms with E-state index in [4.69, 9.17) is 9.47 Å². The Balaban J connectivity index is 2.26. The lowest BCUT2D eigenvalue weighted by molar-refractivity contribution is 0.0600. The van der Waals surface area contributed by atoms with Crippen LogP contribution < -0.4 is 9.47 Å². The third-order valence-electron chi connectivity index (χ3n) is 3.42. The lowest BCUT2D eigenvalue weighted by atomic mass is 10.00. The minimum absolute atomic E-state index is 0.183. The van der Waals surface area contributed by atoms with Gasteiger partial charge in [-0.15, -0.1) is 0 Å². The number of hydrogen-bond donors (Lipinski definition) is 0. The Morgan fingerprint density at radius 1 is 0.667 bits per heavy atom. The number of benzene rings is 2. The van der Waals surface area contributed by atoms with Crippen molar-refractivity contribution in [3.63, 3.8) is 0 Å². The molecule has 0 aromatic heterocycles. The van der Waals surface area contributed by atoms with Crippen LogP contribution in [0.25, 0.3) is 0 Å². The summed E-state index contributed by atoms with van der Waals surface area (Å²) in [6, 6.07) is 10.2. The molecule has 2 rings (SSSR count). The molecule has 0 saturated carbocycles. The van der Waals surface area contributed by atoms with Crippen LogP contribution in [-0.4, -0.2) is 38.9 Å². The van der Waals surface area contributed by atoms with Crippen LogP contribution in [0.5, 0.6) is 11.5 Å². The molecule has 0 aliphatic carbocycles. The van der Waals surface area contributed by atoms with Crippen molar-refractivity contribution in [2.24, 2.45) is 0 Å². The molecule has 0 aliphatic heterocycles. The molecule has 0 aliphatic rings. The summed E-state index contributed by atoms with van der Waals surface area (Å²) < 4.78 is 14.8. The Labute approximate surface area is 139 Å². The first-order valence-electron chi connectivity index (χ1n) is 7.01. The molecule has 0 heterocycles. The van der Waals surface area contributed by atoms with E-state index >= 15 is 0 Å². The largest absolute Gasteiger partial charge is 0.493 e. The van der Waals surface area contributed by atoms with Crippen molar-refractivity contribution in [2.45, 2.75) is 0 Å². The Kier molecular flexibility index (Phi) is 5.31. The highest BCUT2D eigenvalue weighted by Gasteiger charge is 2.20. The average molecular weight is 328 g/mol. The van der Waals surface area contributed by atoms with Gasteiger partial charge in [0.2, 0.25) is 11.6 Å². The van der Waals surface area contributed by atoms with E-state index in [1.54, 1.807) is 6.07 Å². The number of Topliss-reactive ketones (excluding diaryl/α,β-unsaturated/α-hetero) is 2. The van der Waals surface area contributed by atoms with Gasteiger partial charge in [-0.2, -0.15) is 0 Å².